The number of aryl methyl sites for hydroxylation is 1. The van der Waals surface area contributed by atoms with E-state index in [1.807, 2.05) is 23.0 Å². The van der Waals surface area contributed by atoms with Gasteiger partial charge < -0.3 is 11.1 Å². The van der Waals surface area contributed by atoms with Crippen LogP contribution in [0.15, 0.2) is 30.5 Å². The summed E-state index contributed by atoms with van der Waals surface area (Å²) in [5, 5.41) is 7.74. The highest BCUT2D eigenvalue weighted by atomic mass is 16.2. The molecule has 0 saturated heterocycles. The van der Waals surface area contributed by atoms with Crippen LogP contribution in [0, 0.1) is 17.8 Å². The van der Waals surface area contributed by atoms with Crippen molar-refractivity contribution in [3.63, 3.8) is 0 Å². The molecule has 1 aromatic carbocycles. The zero-order valence-corrected chi connectivity index (χ0v) is 16.1. The summed E-state index contributed by atoms with van der Waals surface area (Å²) in [5.74, 6) is -0.766. The summed E-state index contributed by atoms with van der Waals surface area (Å²) in [7, 11) is 0. The summed E-state index contributed by atoms with van der Waals surface area (Å²) < 4.78 is 1.99. The van der Waals surface area contributed by atoms with Crippen molar-refractivity contribution >= 4 is 11.8 Å². The Hall–Kier alpha value is -2.63. The van der Waals surface area contributed by atoms with Gasteiger partial charge in [-0.2, -0.15) is 5.10 Å². The highest BCUT2D eigenvalue weighted by molar-refractivity contribution is 6.07. The van der Waals surface area contributed by atoms with Crippen LogP contribution in [0.4, 0.5) is 0 Å². The maximum atomic E-state index is 12.7. The molecule has 142 valence electrons. The zero-order valence-electron chi connectivity index (χ0n) is 16.1. The fraction of sp³-hybridized carbons (Fsp3) is 0.476. The molecule has 1 aromatic heterocycles. The van der Waals surface area contributed by atoms with Crippen LogP contribution in [0.2, 0.25) is 0 Å². The Bertz CT molecular complexity index is 924. The molecule has 4 rings (SSSR count). The molecule has 2 aliphatic rings. The monoisotopic (exact) mass is 366 g/mol. The molecule has 0 aliphatic heterocycles. The second-order valence-electron chi connectivity index (χ2n) is 8.76. The van der Waals surface area contributed by atoms with Crippen LogP contribution in [-0.2, 0) is 16.0 Å². The molecule has 1 saturated carbocycles. The van der Waals surface area contributed by atoms with Gasteiger partial charge in [0.2, 0.25) is 11.8 Å². The number of aromatic nitrogens is 2. The lowest BCUT2D eigenvalue weighted by Crippen LogP contribution is -2.44. The first-order chi connectivity index (χ1) is 12.7. The number of primary amides is 1. The van der Waals surface area contributed by atoms with Crippen LogP contribution in [-0.4, -0.2) is 21.6 Å². The minimum absolute atomic E-state index is 0.00878. The number of benzene rings is 1. The highest BCUT2D eigenvalue weighted by Gasteiger charge is 2.56. The molecule has 1 fully saturated rings. The highest BCUT2D eigenvalue weighted by Crippen LogP contribution is 2.47. The lowest BCUT2D eigenvalue weighted by Gasteiger charge is -2.36. The van der Waals surface area contributed by atoms with Gasteiger partial charge in [0.25, 0.3) is 0 Å². The lowest BCUT2D eigenvalue weighted by atomic mass is 9.74. The van der Waals surface area contributed by atoms with Crippen molar-refractivity contribution < 1.29 is 9.59 Å². The number of nitrogens with two attached hydrogens (primary N) is 1. The van der Waals surface area contributed by atoms with Crippen molar-refractivity contribution in [1.29, 1.82) is 0 Å². The third-order valence-electron chi connectivity index (χ3n) is 5.98. The fourth-order valence-electron chi connectivity index (χ4n) is 4.19. The summed E-state index contributed by atoms with van der Waals surface area (Å²) in [6, 6.07) is 7.99. The molecule has 3 N–H and O–H groups in total. The van der Waals surface area contributed by atoms with E-state index < -0.39 is 11.3 Å². The Morgan fingerprint density at radius 1 is 1.26 bits per heavy atom. The van der Waals surface area contributed by atoms with Gasteiger partial charge in [-0.25, -0.2) is 4.68 Å². The molecular formula is C21H26N4O2. The maximum absolute atomic E-state index is 12.7. The summed E-state index contributed by atoms with van der Waals surface area (Å²) in [6.45, 7) is 6.47. The van der Waals surface area contributed by atoms with E-state index in [0.717, 1.165) is 35.3 Å². The molecule has 0 unspecified atom stereocenters. The van der Waals surface area contributed by atoms with Crippen LogP contribution in [0.25, 0.3) is 5.69 Å². The van der Waals surface area contributed by atoms with Crippen molar-refractivity contribution in [2.45, 2.75) is 52.5 Å². The van der Waals surface area contributed by atoms with Crippen molar-refractivity contribution in [3.05, 3.63) is 47.3 Å². The van der Waals surface area contributed by atoms with E-state index in [1.54, 1.807) is 0 Å². The van der Waals surface area contributed by atoms with E-state index in [-0.39, 0.29) is 17.4 Å². The molecule has 1 heterocycles. The van der Waals surface area contributed by atoms with Gasteiger partial charge >= 0.3 is 0 Å². The third-order valence-corrected chi connectivity index (χ3v) is 5.98. The first-order valence-electron chi connectivity index (χ1n) is 9.47. The number of nitrogens with zero attached hydrogens (tertiary/aromatic N) is 2. The van der Waals surface area contributed by atoms with Crippen LogP contribution in [0.3, 0.4) is 0 Å². The SMILES string of the molecule is Cc1ccccc1-n1ncc2c1CC(C)(C)C[C@H]2NC(=O)C1(C(N)=O)CC1. The molecule has 0 spiro atoms. The Morgan fingerprint density at radius 2 is 1.96 bits per heavy atom. The molecular weight excluding hydrogens is 340 g/mol. The smallest absolute Gasteiger partial charge is 0.236 e. The zero-order chi connectivity index (χ0) is 19.4. The normalized spacial score (nSPS) is 22.0. The number of hydrogen-bond acceptors (Lipinski definition) is 3. The van der Waals surface area contributed by atoms with E-state index in [9.17, 15) is 9.59 Å². The molecule has 2 aromatic rings. The number of para-hydroxylation sites is 1. The second-order valence-corrected chi connectivity index (χ2v) is 8.76. The van der Waals surface area contributed by atoms with E-state index in [1.165, 1.54) is 0 Å². The topological polar surface area (TPSA) is 90.0 Å². The molecule has 2 aliphatic carbocycles. The Morgan fingerprint density at radius 3 is 2.59 bits per heavy atom. The standard InChI is InChI=1S/C21H26N4O2/c1-13-6-4-5-7-16(13)25-17-11-20(2,3)10-15(14(17)12-23-25)24-19(27)21(8-9-21)18(22)26/h4-7,12,15H,8-11H2,1-3H3,(H2,22,26)(H,24,27)/t15-/m1/s1. The van der Waals surface area contributed by atoms with Gasteiger partial charge in [0.1, 0.15) is 5.41 Å². The fourth-order valence-corrected chi connectivity index (χ4v) is 4.19. The van der Waals surface area contributed by atoms with Gasteiger partial charge in [0, 0.05) is 5.56 Å². The van der Waals surface area contributed by atoms with Gasteiger partial charge in [-0.15, -0.1) is 0 Å². The van der Waals surface area contributed by atoms with Crippen LogP contribution >= 0.6 is 0 Å². The van der Waals surface area contributed by atoms with Gasteiger partial charge in [-0.3, -0.25) is 9.59 Å². The minimum Gasteiger partial charge on any atom is -0.369 e. The predicted octanol–water partition coefficient (Wildman–Crippen LogP) is 2.58. The number of carbonyl (C=O) groups is 2. The summed E-state index contributed by atoms with van der Waals surface area (Å²) >= 11 is 0. The molecule has 1 atom stereocenters. The van der Waals surface area contributed by atoms with Crippen molar-refractivity contribution in [2.24, 2.45) is 16.6 Å². The van der Waals surface area contributed by atoms with E-state index in [0.29, 0.717) is 12.8 Å². The summed E-state index contributed by atoms with van der Waals surface area (Å²) in [5.41, 5.74) is 8.83. The molecule has 0 radical (unpaired) electrons. The number of amides is 2. The van der Waals surface area contributed by atoms with E-state index >= 15 is 0 Å². The van der Waals surface area contributed by atoms with Gasteiger partial charge in [-0.1, -0.05) is 32.0 Å². The second kappa shape index (κ2) is 5.94. The molecule has 0 bridgehead atoms. The summed E-state index contributed by atoms with van der Waals surface area (Å²) in [6.07, 6.45) is 4.62. The van der Waals surface area contributed by atoms with Gasteiger partial charge in [0.15, 0.2) is 0 Å². The van der Waals surface area contributed by atoms with Gasteiger partial charge in [0.05, 0.1) is 23.6 Å². The average molecular weight is 366 g/mol. The number of hydrogen-bond donors (Lipinski definition) is 2. The first kappa shape index (κ1) is 17.8. The minimum atomic E-state index is -1.01. The van der Waals surface area contributed by atoms with Crippen molar-refractivity contribution in [2.75, 3.05) is 0 Å². The Balaban J connectivity index is 1.70. The molecule has 27 heavy (non-hydrogen) atoms. The van der Waals surface area contributed by atoms with Crippen LogP contribution < -0.4 is 11.1 Å². The quantitative estimate of drug-likeness (QED) is 0.815. The number of nitrogens with one attached hydrogen (secondary N) is 1. The lowest BCUT2D eigenvalue weighted by molar-refractivity contribution is -0.136. The predicted molar refractivity (Wildman–Crippen MR) is 102 cm³/mol. The van der Waals surface area contributed by atoms with Crippen LogP contribution in [0.5, 0.6) is 0 Å². The first-order valence-corrected chi connectivity index (χ1v) is 9.47. The van der Waals surface area contributed by atoms with Crippen molar-refractivity contribution in [3.8, 4) is 5.69 Å². The Kier molecular flexibility index (Phi) is 3.91. The van der Waals surface area contributed by atoms with Gasteiger partial charge in [-0.05, 0) is 49.7 Å². The number of rotatable bonds is 4. The van der Waals surface area contributed by atoms with Crippen LogP contribution in [0.1, 0.15) is 56.0 Å². The summed E-state index contributed by atoms with van der Waals surface area (Å²) in [4.78, 5) is 24.5. The largest absolute Gasteiger partial charge is 0.369 e. The maximum Gasteiger partial charge on any atom is 0.236 e. The van der Waals surface area contributed by atoms with E-state index in [4.69, 9.17) is 5.73 Å². The molecule has 6 nitrogen and oxygen atoms in total. The average Bonchev–Trinajstić information content (AvgIpc) is 3.31. The Labute approximate surface area is 159 Å². The molecule has 6 heteroatoms. The third kappa shape index (κ3) is 2.93. The number of fused-ring (bicyclic) bond motifs is 1. The van der Waals surface area contributed by atoms with Crippen molar-refractivity contribution in [1.82, 2.24) is 15.1 Å². The van der Waals surface area contributed by atoms with E-state index in [2.05, 4.69) is 43.3 Å². The molecule has 2 amide bonds. The number of carbonyl (C=O) groups excluding carboxylic acids is 2.